The van der Waals surface area contributed by atoms with Crippen LogP contribution in [0.4, 0.5) is 11.4 Å². The lowest BCUT2D eigenvalue weighted by molar-refractivity contribution is 0.443. The van der Waals surface area contributed by atoms with E-state index in [0.717, 1.165) is 11.3 Å². The molecule has 1 aliphatic rings. The van der Waals surface area contributed by atoms with Crippen LogP contribution < -0.4 is 10.0 Å². The van der Waals surface area contributed by atoms with Crippen molar-refractivity contribution in [3.05, 3.63) is 23.8 Å². The van der Waals surface area contributed by atoms with Crippen LogP contribution in [-0.2, 0) is 16.6 Å². The molecule has 2 rings (SSSR count). The van der Waals surface area contributed by atoms with E-state index >= 15 is 0 Å². The number of fused-ring (bicyclic) bond motifs is 1. The molecule has 1 aromatic carbocycles. The van der Waals surface area contributed by atoms with Crippen LogP contribution in [0.25, 0.3) is 0 Å². The molecule has 0 aliphatic carbocycles. The summed E-state index contributed by atoms with van der Waals surface area (Å²) in [7, 11) is -3.42. The second kappa shape index (κ2) is 4.78. The van der Waals surface area contributed by atoms with Gasteiger partial charge in [0.1, 0.15) is 0 Å². The summed E-state index contributed by atoms with van der Waals surface area (Å²) in [6.07, 6.45) is 0.683. The van der Waals surface area contributed by atoms with Gasteiger partial charge >= 0.3 is 10.2 Å². The number of anilines is 2. The van der Waals surface area contributed by atoms with Crippen molar-refractivity contribution in [1.82, 2.24) is 4.31 Å². The third-order valence-corrected chi connectivity index (χ3v) is 5.44. The molecular weight excluding hydrogens is 250 g/mol. The van der Waals surface area contributed by atoms with Crippen LogP contribution in [0.15, 0.2) is 18.2 Å². The summed E-state index contributed by atoms with van der Waals surface area (Å²) in [5.41, 5.74) is 8.22. The van der Waals surface area contributed by atoms with Crippen molar-refractivity contribution >= 4 is 21.6 Å². The first-order valence-corrected chi connectivity index (χ1v) is 7.57. The number of rotatable bonds is 4. The Morgan fingerprint density at radius 1 is 1.33 bits per heavy atom. The van der Waals surface area contributed by atoms with Gasteiger partial charge in [-0.2, -0.15) is 12.7 Å². The molecule has 1 aromatic rings. The quantitative estimate of drug-likeness (QED) is 0.836. The van der Waals surface area contributed by atoms with E-state index in [1.165, 1.54) is 8.61 Å². The third kappa shape index (κ3) is 1.95. The van der Waals surface area contributed by atoms with Gasteiger partial charge in [-0.15, -0.1) is 0 Å². The van der Waals surface area contributed by atoms with E-state index in [9.17, 15) is 8.42 Å². The minimum absolute atomic E-state index is 0.475. The smallest absolute Gasteiger partial charge is 0.304 e. The average molecular weight is 269 g/mol. The van der Waals surface area contributed by atoms with Gasteiger partial charge in [-0.1, -0.05) is 19.9 Å². The molecule has 0 atom stereocenters. The first-order chi connectivity index (χ1) is 8.52. The fourth-order valence-electron chi connectivity index (χ4n) is 2.36. The zero-order valence-electron chi connectivity index (χ0n) is 10.8. The summed E-state index contributed by atoms with van der Waals surface area (Å²) in [6.45, 7) is 5.12. The highest BCUT2D eigenvalue weighted by molar-refractivity contribution is 7.90. The Morgan fingerprint density at radius 2 is 2.00 bits per heavy atom. The van der Waals surface area contributed by atoms with E-state index in [-0.39, 0.29) is 0 Å². The van der Waals surface area contributed by atoms with Crippen LogP contribution in [0, 0.1) is 0 Å². The summed E-state index contributed by atoms with van der Waals surface area (Å²) in [6, 6.07) is 5.43. The largest absolute Gasteiger partial charge is 0.398 e. The molecule has 0 spiro atoms. The summed E-state index contributed by atoms with van der Waals surface area (Å²) < 4.78 is 27.9. The maximum atomic E-state index is 12.5. The van der Waals surface area contributed by atoms with Gasteiger partial charge in [-0.05, 0) is 18.6 Å². The topological polar surface area (TPSA) is 66.6 Å². The molecule has 2 N–H and O–H groups in total. The molecule has 100 valence electrons. The van der Waals surface area contributed by atoms with Crippen LogP contribution in [0.2, 0.25) is 0 Å². The van der Waals surface area contributed by atoms with E-state index in [1.807, 2.05) is 26.0 Å². The first kappa shape index (κ1) is 13.2. The fourth-order valence-corrected chi connectivity index (χ4v) is 4.03. The fraction of sp³-hybridized carbons (Fsp3) is 0.500. The minimum Gasteiger partial charge on any atom is -0.398 e. The Morgan fingerprint density at radius 3 is 2.61 bits per heavy atom. The number of hydrogen-bond donors (Lipinski definition) is 1. The van der Waals surface area contributed by atoms with Gasteiger partial charge in [0.05, 0.1) is 5.69 Å². The Bertz CT molecular complexity index is 538. The van der Waals surface area contributed by atoms with Gasteiger partial charge in [-0.25, -0.2) is 0 Å². The van der Waals surface area contributed by atoms with E-state index in [2.05, 4.69) is 0 Å². The molecule has 0 fully saturated rings. The van der Waals surface area contributed by atoms with Crippen molar-refractivity contribution in [3.63, 3.8) is 0 Å². The van der Waals surface area contributed by atoms with Gasteiger partial charge in [0.25, 0.3) is 0 Å². The maximum Gasteiger partial charge on any atom is 0.304 e. The van der Waals surface area contributed by atoms with Gasteiger partial charge in [-0.3, -0.25) is 4.31 Å². The summed E-state index contributed by atoms with van der Waals surface area (Å²) in [5.74, 6) is 0. The second-order valence-electron chi connectivity index (χ2n) is 4.26. The number of benzene rings is 1. The SMILES string of the molecule is CCN(CC)S(=O)(=O)N1CCc2c(N)cccc21. The van der Waals surface area contributed by atoms with Crippen molar-refractivity contribution in [3.8, 4) is 0 Å². The molecule has 18 heavy (non-hydrogen) atoms. The molecule has 0 saturated heterocycles. The van der Waals surface area contributed by atoms with Gasteiger partial charge < -0.3 is 5.73 Å². The Hall–Kier alpha value is -1.27. The predicted molar refractivity (Wildman–Crippen MR) is 73.7 cm³/mol. The lowest BCUT2D eigenvalue weighted by atomic mass is 10.1. The lowest BCUT2D eigenvalue weighted by Crippen LogP contribution is -2.43. The standard InChI is InChI=1S/C12H19N3O2S/c1-3-14(4-2)18(16,17)15-9-8-10-11(13)6-5-7-12(10)15/h5-7H,3-4,8-9,13H2,1-2H3. The van der Waals surface area contributed by atoms with Crippen LogP contribution in [-0.4, -0.2) is 32.4 Å². The third-order valence-electron chi connectivity index (χ3n) is 3.33. The number of nitrogens with zero attached hydrogens (tertiary/aromatic N) is 2. The molecule has 0 saturated carbocycles. The van der Waals surface area contributed by atoms with Crippen LogP contribution in [0.3, 0.4) is 0 Å². The van der Waals surface area contributed by atoms with Crippen molar-refractivity contribution in [2.45, 2.75) is 20.3 Å². The second-order valence-corrected chi connectivity index (χ2v) is 6.11. The molecule has 6 heteroatoms. The van der Waals surface area contributed by atoms with Crippen LogP contribution >= 0.6 is 0 Å². The molecule has 0 amide bonds. The Balaban J connectivity index is 2.43. The van der Waals surface area contributed by atoms with E-state index in [4.69, 9.17) is 5.73 Å². The van der Waals surface area contributed by atoms with Gasteiger partial charge in [0.15, 0.2) is 0 Å². The van der Waals surface area contributed by atoms with Gasteiger partial charge in [0, 0.05) is 30.9 Å². The van der Waals surface area contributed by atoms with E-state index < -0.39 is 10.2 Å². The van der Waals surface area contributed by atoms with E-state index in [0.29, 0.717) is 31.7 Å². The number of hydrogen-bond acceptors (Lipinski definition) is 3. The lowest BCUT2D eigenvalue weighted by Gasteiger charge is -2.27. The zero-order chi connectivity index (χ0) is 13.3. The Kier molecular flexibility index (Phi) is 3.49. The monoisotopic (exact) mass is 269 g/mol. The first-order valence-electron chi connectivity index (χ1n) is 6.17. The summed E-state index contributed by atoms with van der Waals surface area (Å²) in [4.78, 5) is 0. The molecule has 0 bridgehead atoms. The van der Waals surface area contributed by atoms with E-state index in [1.54, 1.807) is 6.07 Å². The summed E-state index contributed by atoms with van der Waals surface area (Å²) >= 11 is 0. The number of nitrogens with two attached hydrogens (primary N) is 1. The van der Waals surface area contributed by atoms with Crippen molar-refractivity contribution in [1.29, 1.82) is 0 Å². The van der Waals surface area contributed by atoms with Crippen molar-refractivity contribution < 1.29 is 8.42 Å². The highest BCUT2D eigenvalue weighted by atomic mass is 32.2. The minimum atomic E-state index is -3.42. The number of nitrogen functional groups attached to an aromatic ring is 1. The van der Waals surface area contributed by atoms with Crippen molar-refractivity contribution in [2.24, 2.45) is 0 Å². The molecule has 1 heterocycles. The molecule has 0 aromatic heterocycles. The Labute approximate surface area is 108 Å². The highest BCUT2D eigenvalue weighted by Gasteiger charge is 2.33. The van der Waals surface area contributed by atoms with Crippen molar-refractivity contribution in [2.75, 3.05) is 29.7 Å². The molecule has 1 aliphatic heterocycles. The van der Waals surface area contributed by atoms with Crippen LogP contribution in [0.1, 0.15) is 19.4 Å². The molecular formula is C12H19N3O2S. The molecule has 5 nitrogen and oxygen atoms in total. The summed E-state index contributed by atoms with van der Waals surface area (Å²) in [5, 5.41) is 0. The van der Waals surface area contributed by atoms with Crippen LogP contribution in [0.5, 0.6) is 0 Å². The molecule has 0 unspecified atom stereocenters. The maximum absolute atomic E-state index is 12.5. The normalized spacial score (nSPS) is 15.2. The zero-order valence-corrected chi connectivity index (χ0v) is 11.6. The highest BCUT2D eigenvalue weighted by Crippen LogP contribution is 2.34. The predicted octanol–water partition coefficient (Wildman–Crippen LogP) is 1.22. The molecule has 0 radical (unpaired) electrons. The van der Waals surface area contributed by atoms with Gasteiger partial charge in [0.2, 0.25) is 0 Å². The average Bonchev–Trinajstić information content (AvgIpc) is 2.76.